The second kappa shape index (κ2) is 6.15. The molecule has 0 saturated heterocycles. The molecule has 0 fully saturated rings. The topological polar surface area (TPSA) is 36.4 Å². The van der Waals surface area contributed by atoms with E-state index in [9.17, 15) is 13.2 Å². The van der Waals surface area contributed by atoms with Crippen molar-refractivity contribution in [3.63, 3.8) is 0 Å². The standard InChI is InChI=1S/C14H20F3N3/c1-13(2,3)20-12(18-4)19-9-10-5-7-11(8-6-10)14(15,16)17/h5-8H,9H2,1-4H3,(H2,18,19,20). The van der Waals surface area contributed by atoms with Gasteiger partial charge in [0.25, 0.3) is 0 Å². The first-order chi connectivity index (χ1) is 9.12. The minimum atomic E-state index is -4.30. The van der Waals surface area contributed by atoms with Crippen LogP contribution < -0.4 is 10.6 Å². The van der Waals surface area contributed by atoms with E-state index in [2.05, 4.69) is 15.6 Å². The number of aliphatic imine (C=N–C) groups is 1. The predicted octanol–water partition coefficient (Wildman–Crippen LogP) is 3.17. The Morgan fingerprint density at radius 2 is 1.65 bits per heavy atom. The lowest BCUT2D eigenvalue weighted by molar-refractivity contribution is -0.137. The van der Waals surface area contributed by atoms with Crippen LogP contribution in [0, 0.1) is 0 Å². The Kier molecular flexibility index (Phi) is 5.03. The van der Waals surface area contributed by atoms with Gasteiger partial charge in [-0.1, -0.05) is 12.1 Å². The van der Waals surface area contributed by atoms with E-state index in [0.717, 1.165) is 17.7 Å². The summed E-state index contributed by atoms with van der Waals surface area (Å²) in [5, 5.41) is 6.23. The van der Waals surface area contributed by atoms with E-state index < -0.39 is 11.7 Å². The largest absolute Gasteiger partial charge is 0.416 e. The van der Waals surface area contributed by atoms with E-state index in [1.807, 2.05) is 20.8 Å². The van der Waals surface area contributed by atoms with Crippen molar-refractivity contribution in [3.8, 4) is 0 Å². The smallest absolute Gasteiger partial charge is 0.352 e. The van der Waals surface area contributed by atoms with Crippen molar-refractivity contribution in [1.29, 1.82) is 0 Å². The molecule has 0 unspecified atom stereocenters. The quantitative estimate of drug-likeness (QED) is 0.647. The van der Waals surface area contributed by atoms with Gasteiger partial charge in [-0.2, -0.15) is 13.2 Å². The molecule has 1 aromatic carbocycles. The Morgan fingerprint density at radius 3 is 2.05 bits per heavy atom. The highest BCUT2D eigenvalue weighted by Crippen LogP contribution is 2.28. The van der Waals surface area contributed by atoms with Gasteiger partial charge in [-0.3, -0.25) is 4.99 Å². The third-order valence-electron chi connectivity index (χ3n) is 2.46. The summed E-state index contributed by atoms with van der Waals surface area (Å²) in [6.07, 6.45) is -4.30. The molecule has 1 aromatic rings. The number of guanidine groups is 1. The molecule has 2 N–H and O–H groups in total. The Balaban J connectivity index is 2.62. The highest BCUT2D eigenvalue weighted by Gasteiger charge is 2.29. The highest BCUT2D eigenvalue weighted by molar-refractivity contribution is 5.80. The van der Waals surface area contributed by atoms with Gasteiger partial charge in [0.2, 0.25) is 0 Å². The predicted molar refractivity (Wildman–Crippen MR) is 74.5 cm³/mol. The van der Waals surface area contributed by atoms with Crippen LogP contribution in [0.25, 0.3) is 0 Å². The first-order valence-corrected chi connectivity index (χ1v) is 6.27. The van der Waals surface area contributed by atoms with Crippen molar-refractivity contribution >= 4 is 5.96 Å². The molecule has 0 spiro atoms. The summed E-state index contributed by atoms with van der Waals surface area (Å²) < 4.78 is 37.3. The summed E-state index contributed by atoms with van der Waals surface area (Å²) >= 11 is 0. The summed E-state index contributed by atoms with van der Waals surface area (Å²) in [6, 6.07) is 5.08. The maximum Gasteiger partial charge on any atom is 0.416 e. The fourth-order valence-corrected chi connectivity index (χ4v) is 1.53. The fourth-order valence-electron chi connectivity index (χ4n) is 1.53. The Bertz CT molecular complexity index is 456. The molecule has 0 bridgehead atoms. The molecule has 0 amide bonds. The Morgan fingerprint density at radius 1 is 1.10 bits per heavy atom. The lowest BCUT2D eigenvalue weighted by atomic mass is 10.1. The molecule has 112 valence electrons. The fraction of sp³-hybridized carbons (Fsp3) is 0.500. The number of rotatable bonds is 2. The van der Waals surface area contributed by atoms with E-state index >= 15 is 0 Å². The monoisotopic (exact) mass is 287 g/mol. The summed E-state index contributed by atoms with van der Waals surface area (Å²) in [5.74, 6) is 0.609. The molecule has 0 radical (unpaired) electrons. The third-order valence-corrected chi connectivity index (χ3v) is 2.46. The third kappa shape index (κ3) is 5.50. The number of alkyl halides is 3. The van der Waals surface area contributed by atoms with Crippen LogP contribution in [0.2, 0.25) is 0 Å². The molecule has 3 nitrogen and oxygen atoms in total. The van der Waals surface area contributed by atoms with Gasteiger partial charge in [-0.15, -0.1) is 0 Å². The van der Waals surface area contributed by atoms with Gasteiger partial charge in [-0.05, 0) is 38.5 Å². The van der Waals surface area contributed by atoms with Crippen LogP contribution in [0.4, 0.5) is 13.2 Å². The molecule has 6 heteroatoms. The van der Waals surface area contributed by atoms with Crippen LogP contribution in [0.5, 0.6) is 0 Å². The van der Waals surface area contributed by atoms with Crippen LogP contribution in [0.3, 0.4) is 0 Å². The normalized spacial score (nSPS) is 13.2. The molecule has 0 saturated carbocycles. The van der Waals surface area contributed by atoms with E-state index in [4.69, 9.17) is 0 Å². The summed E-state index contributed by atoms with van der Waals surface area (Å²) in [6.45, 7) is 6.40. The van der Waals surface area contributed by atoms with Gasteiger partial charge in [0.05, 0.1) is 5.56 Å². The number of hydrogen-bond donors (Lipinski definition) is 2. The zero-order chi connectivity index (χ0) is 15.4. The number of hydrogen-bond acceptors (Lipinski definition) is 1. The first kappa shape index (κ1) is 16.3. The van der Waals surface area contributed by atoms with Gasteiger partial charge in [0.1, 0.15) is 0 Å². The molecular weight excluding hydrogens is 267 g/mol. The SMILES string of the molecule is CN=C(NCc1ccc(C(F)(F)F)cc1)NC(C)(C)C. The lowest BCUT2D eigenvalue weighted by Crippen LogP contribution is -2.47. The van der Waals surface area contributed by atoms with Crippen LogP contribution >= 0.6 is 0 Å². The van der Waals surface area contributed by atoms with Crippen molar-refractivity contribution < 1.29 is 13.2 Å². The van der Waals surface area contributed by atoms with Crippen molar-refractivity contribution in [2.75, 3.05) is 7.05 Å². The maximum absolute atomic E-state index is 12.4. The molecule has 0 aliphatic rings. The van der Waals surface area contributed by atoms with Gasteiger partial charge in [0.15, 0.2) is 5.96 Å². The maximum atomic E-state index is 12.4. The van der Waals surface area contributed by atoms with Crippen LogP contribution in [0.15, 0.2) is 29.3 Å². The van der Waals surface area contributed by atoms with E-state index in [1.54, 1.807) is 7.05 Å². The second-order valence-corrected chi connectivity index (χ2v) is 5.50. The van der Waals surface area contributed by atoms with Gasteiger partial charge < -0.3 is 10.6 Å². The molecular formula is C14H20F3N3. The first-order valence-electron chi connectivity index (χ1n) is 6.27. The van der Waals surface area contributed by atoms with Crippen LogP contribution in [-0.4, -0.2) is 18.5 Å². The molecule has 20 heavy (non-hydrogen) atoms. The summed E-state index contributed by atoms with van der Waals surface area (Å²) in [4.78, 5) is 4.06. The van der Waals surface area contributed by atoms with Crippen molar-refractivity contribution in [3.05, 3.63) is 35.4 Å². The number of nitrogens with zero attached hydrogens (tertiary/aromatic N) is 1. The summed E-state index contributed by atoms with van der Waals surface area (Å²) in [5.41, 5.74) is -0.0181. The second-order valence-electron chi connectivity index (χ2n) is 5.50. The highest BCUT2D eigenvalue weighted by atomic mass is 19.4. The van der Waals surface area contributed by atoms with E-state index in [0.29, 0.717) is 12.5 Å². The Labute approximate surface area is 117 Å². The van der Waals surface area contributed by atoms with Gasteiger partial charge in [0, 0.05) is 19.1 Å². The van der Waals surface area contributed by atoms with Crippen LogP contribution in [0.1, 0.15) is 31.9 Å². The van der Waals surface area contributed by atoms with Crippen molar-refractivity contribution in [2.24, 2.45) is 4.99 Å². The van der Waals surface area contributed by atoms with Gasteiger partial charge >= 0.3 is 6.18 Å². The minimum absolute atomic E-state index is 0.137. The van der Waals surface area contributed by atoms with Gasteiger partial charge in [-0.25, -0.2) is 0 Å². The minimum Gasteiger partial charge on any atom is -0.352 e. The van der Waals surface area contributed by atoms with Crippen LogP contribution in [-0.2, 0) is 12.7 Å². The van der Waals surface area contributed by atoms with Crippen molar-refractivity contribution in [1.82, 2.24) is 10.6 Å². The lowest BCUT2D eigenvalue weighted by Gasteiger charge is -2.23. The number of benzene rings is 1. The van der Waals surface area contributed by atoms with E-state index in [-0.39, 0.29) is 5.54 Å². The molecule has 0 aromatic heterocycles. The van der Waals surface area contributed by atoms with E-state index in [1.165, 1.54) is 12.1 Å². The Hall–Kier alpha value is -1.72. The molecule has 1 rings (SSSR count). The van der Waals surface area contributed by atoms with Crippen molar-refractivity contribution in [2.45, 2.75) is 39.0 Å². The average molecular weight is 287 g/mol. The summed E-state index contributed by atoms with van der Waals surface area (Å²) in [7, 11) is 1.65. The molecule has 0 aliphatic carbocycles. The average Bonchev–Trinajstić information content (AvgIpc) is 2.32. The molecule has 0 aliphatic heterocycles. The number of nitrogens with one attached hydrogen (secondary N) is 2. The molecule has 0 atom stereocenters. The molecule has 0 heterocycles. The zero-order valence-electron chi connectivity index (χ0n) is 12.1. The zero-order valence-corrected chi connectivity index (χ0v) is 12.1. The number of halogens is 3.